The van der Waals surface area contributed by atoms with Crippen LogP contribution >= 0.6 is 7.14 Å². The molecule has 0 radical (unpaired) electrons. The highest BCUT2D eigenvalue weighted by atomic mass is 35.5. The summed E-state index contributed by atoms with van der Waals surface area (Å²) in [5, 5.41) is 3.64. The van der Waals surface area contributed by atoms with Crippen LogP contribution in [-0.2, 0) is 9.36 Å². The minimum atomic E-state index is -3.10. The second kappa shape index (κ2) is 10.1. The number of halogens is 1. The smallest absolute Gasteiger partial charge is 0.281 e. The lowest BCUT2D eigenvalue weighted by atomic mass is 10.2. The molecule has 2 fully saturated rings. The molecule has 4 rings (SSSR count). The van der Waals surface area contributed by atoms with Crippen molar-refractivity contribution in [3.8, 4) is 11.5 Å². The first-order valence-corrected chi connectivity index (χ1v) is 12.4. The van der Waals surface area contributed by atoms with E-state index in [0.29, 0.717) is 6.54 Å². The molecule has 0 aliphatic carbocycles. The molecule has 2 aliphatic heterocycles. The quantitative estimate of drug-likeness (QED) is 0.539. The maximum atomic E-state index is 14.9. The van der Waals surface area contributed by atoms with E-state index in [1.807, 2.05) is 53.4 Å². The summed E-state index contributed by atoms with van der Waals surface area (Å²) < 4.78 is 25.5. The van der Waals surface area contributed by atoms with Gasteiger partial charge in [-0.05, 0) is 61.4 Å². The van der Waals surface area contributed by atoms with Crippen LogP contribution in [0.2, 0.25) is 0 Å². The van der Waals surface area contributed by atoms with Crippen molar-refractivity contribution in [3.05, 3.63) is 48.5 Å². The van der Waals surface area contributed by atoms with Crippen molar-refractivity contribution < 1.29 is 36.6 Å². The number of ether oxygens (including phenoxy) is 2. The summed E-state index contributed by atoms with van der Waals surface area (Å²) in [4.78, 5) is 15.2. The van der Waals surface area contributed by atoms with E-state index in [1.54, 1.807) is 14.2 Å². The molecule has 2 aromatic carbocycles. The molecule has 0 spiro atoms. The van der Waals surface area contributed by atoms with Gasteiger partial charge in [0, 0.05) is 30.0 Å². The number of methoxy groups -OCH3 is 2. The maximum Gasteiger partial charge on any atom is 0.281 e. The van der Waals surface area contributed by atoms with Crippen molar-refractivity contribution in [2.75, 3.05) is 27.3 Å². The Kier molecular flexibility index (Phi) is 7.68. The van der Waals surface area contributed by atoms with Gasteiger partial charge in [-0.3, -0.25) is 4.79 Å². The number of likely N-dealkylation sites (tertiary alicyclic amines) is 1. The first-order valence-electron chi connectivity index (χ1n) is 10.6. The second-order valence-corrected chi connectivity index (χ2v) is 10.9. The zero-order valence-electron chi connectivity index (χ0n) is 18.0. The molecule has 1 unspecified atom stereocenters. The lowest BCUT2D eigenvalue weighted by Crippen LogP contribution is -3.00. The number of nitrogens with zero attached hydrogens (tertiary/aromatic N) is 1. The molecule has 2 aliphatic rings. The van der Waals surface area contributed by atoms with Gasteiger partial charge < -0.3 is 36.7 Å². The Morgan fingerprint density at radius 3 is 1.94 bits per heavy atom. The van der Waals surface area contributed by atoms with Crippen LogP contribution in [0.15, 0.2) is 48.5 Å². The van der Waals surface area contributed by atoms with Gasteiger partial charge in [0.25, 0.3) is 5.91 Å². The number of carbonyl (C=O) groups is 1. The summed E-state index contributed by atoms with van der Waals surface area (Å²) in [5.74, 6) is 1.26. The SMILES string of the molecule is COc1ccc(P(=O)(c2ccc(OC)cc2)C2CCCN2C(=O)[C@@H]2CCC[NH2+]2)cc1.[Cl-]. The van der Waals surface area contributed by atoms with Crippen LogP contribution in [-0.4, -0.2) is 49.9 Å². The number of carbonyl (C=O) groups excluding carboxylic acids is 1. The highest BCUT2D eigenvalue weighted by Gasteiger charge is 2.47. The third-order valence-electron chi connectivity index (χ3n) is 6.32. The third kappa shape index (κ3) is 4.48. The van der Waals surface area contributed by atoms with Crippen LogP contribution in [0.3, 0.4) is 0 Å². The van der Waals surface area contributed by atoms with Gasteiger partial charge in [0.15, 0.2) is 13.2 Å². The zero-order valence-corrected chi connectivity index (χ0v) is 19.6. The molecule has 2 atom stereocenters. The Morgan fingerprint density at radius 2 is 1.48 bits per heavy atom. The van der Waals surface area contributed by atoms with Crippen LogP contribution in [0.5, 0.6) is 11.5 Å². The normalized spacial score (nSPS) is 20.9. The van der Waals surface area contributed by atoms with Gasteiger partial charge in [0.1, 0.15) is 11.5 Å². The van der Waals surface area contributed by atoms with E-state index in [-0.39, 0.29) is 30.1 Å². The van der Waals surface area contributed by atoms with E-state index in [4.69, 9.17) is 9.47 Å². The predicted octanol–water partition coefficient (Wildman–Crippen LogP) is -1.30. The zero-order chi connectivity index (χ0) is 21.1. The summed E-state index contributed by atoms with van der Waals surface area (Å²) in [7, 11) is 0.135. The third-order valence-corrected chi connectivity index (χ3v) is 9.83. The first-order chi connectivity index (χ1) is 14.6. The van der Waals surface area contributed by atoms with Crippen LogP contribution in [0.1, 0.15) is 25.7 Å². The van der Waals surface area contributed by atoms with Gasteiger partial charge in [0.2, 0.25) is 0 Å². The first kappa shape index (κ1) is 23.6. The van der Waals surface area contributed by atoms with Crippen molar-refractivity contribution >= 4 is 23.7 Å². The Hall–Kier alpha value is -2.01. The molecule has 2 saturated heterocycles. The van der Waals surface area contributed by atoms with Crippen molar-refractivity contribution in [1.82, 2.24) is 4.90 Å². The van der Waals surface area contributed by atoms with E-state index in [1.165, 1.54) is 0 Å². The molecule has 168 valence electrons. The Balaban J connectivity index is 0.00000272. The fraction of sp³-hybridized carbons (Fsp3) is 0.435. The molecule has 0 bridgehead atoms. The number of quaternary nitrogens is 1. The predicted molar refractivity (Wildman–Crippen MR) is 117 cm³/mol. The number of nitrogens with two attached hydrogens (primary N) is 1. The number of benzene rings is 2. The van der Waals surface area contributed by atoms with E-state index in [0.717, 1.165) is 54.3 Å². The van der Waals surface area contributed by atoms with E-state index in [2.05, 4.69) is 5.32 Å². The summed E-state index contributed by atoms with van der Waals surface area (Å²) in [6, 6.07) is 14.9. The van der Waals surface area contributed by atoms with Crippen LogP contribution in [0, 0.1) is 0 Å². The van der Waals surface area contributed by atoms with E-state index >= 15 is 0 Å². The fourth-order valence-corrected chi connectivity index (χ4v) is 8.04. The number of amides is 1. The van der Waals surface area contributed by atoms with E-state index in [9.17, 15) is 9.36 Å². The highest BCUT2D eigenvalue weighted by Crippen LogP contribution is 2.54. The summed E-state index contributed by atoms with van der Waals surface area (Å²) in [6.45, 7) is 1.66. The fourth-order valence-electron chi connectivity index (χ4n) is 4.70. The van der Waals surface area contributed by atoms with Gasteiger partial charge in [0.05, 0.1) is 26.5 Å². The van der Waals surface area contributed by atoms with Gasteiger partial charge in [-0.15, -0.1) is 0 Å². The monoisotopic (exact) mass is 464 g/mol. The number of hydrogen-bond acceptors (Lipinski definition) is 4. The number of hydrogen-bond donors (Lipinski definition) is 1. The summed E-state index contributed by atoms with van der Waals surface area (Å²) in [6.07, 6.45) is 3.58. The Morgan fingerprint density at radius 1 is 0.935 bits per heavy atom. The van der Waals surface area contributed by atoms with Crippen molar-refractivity contribution in [2.45, 2.75) is 37.5 Å². The van der Waals surface area contributed by atoms with Crippen LogP contribution in [0.4, 0.5) is 0 Å². The van der Waals surface area contributed by atoms with Gasteiger partial charge in [-0.2, -0.15) is 0 Å². The maximum absolute atomic E-state index is 14.9. The molecular weight excluding hydrogens is 435 g/mol. The Labute approximate surface area is 190 Å². The average molecular weight is 465 g/mol. The van der Waals surface area contributed by atoms with Gasteiger partial charge >= 0.3 is 0 Å². The van der Waals surface area contributed by atoms with Crippen LogP contribution < -0.4 is 37.8 Å². The summed E-state index contributed by atoms with van der Waals surface area (Å²) in [5.41, 5.74) is 0. The number of rotatable bonds is 6. The van der Waals surface area contributed by atoms with Crippen LogP contribution in [0.25, 0.3) is 0 Å². The molecule has 6 nitrogen and oxygen atoms in total. The second-order valence-electron chi connectivity index (χ2n) is 7.98. The lowest BCUT2D eigenvalue weighted by Gasteiger charge is -2.33. The highest BCUT2D eigenvalue weighted by molar-refractivity contribution is 7.79. The minimum absolute atomic E-state index is 0. The topological polar surface area (TPSA) is 72.5 Å². The lowest BCUT2D eigenvalue weighted by molar-refractivity contribution is -0.658. The largest absolute Gasteiger partial charge is 1.00 e. The molecule has 2 heterocycles. The molecule has 8 heteroatoms. The molecule has 31 heavy (non-hydrogen) atoms. The summed E-state index contributed by atoms with van der Waals surface area (Å²) >= 11 is 0. The molecule has 0 aromatic heterocycles. The molecule has 2 N–H and O–H groups in total. The van der Waals surface area contributed by atoms with Gasteiger partial charge in [-0.25, -0.2) is 0 Å². The van der Waals surface area contributed by atoms with Crippen molar-refractivity contribution in [3.63, 3.8) is 0 Å². The molecule has 1 amide bonds. The minimum Gasteiger partial charge on any atom is -1.00 e. The van der Waals surface area contributed by atoms with Crippen molar-refractivity contribution in [1.29, 1.82) is 0 Å². The van der Waals surface area contributed by atoms with Crippen molar-refractivity contribution in [2.24, 2.45) is 0 Å². The molecule has 2 aromatic rings. The van der Waals surface area contributed by atoms with E-state index < -0.39 is 7.14 Å². The standard InChI is InChI=1S/C23H29N2O4P.ClH/c1-28-17-7-11-19(12-8-17)30(27,20-13-9-18(29-2)10-14-20)22-6-4-16-25(22)23(26)21-5-3-15-24-21;/h7-14,21-22,24H,3-6,15-16H2,1-2H3;1H/t21-,22?;/m0./s1. The molecular formula is C23H30ClN2O4P. The average Bonchev–Trinajstić information content (AvgIpc) is 3.51. The van der Waals surface area contributed by atoms with Gasteiger partial charge in [-0.1, -0.05) is 0 Å². The molecule has 0 saturated carbocycles. The Bertz CT molecular complexity index is 878.